The molecular formula is C25H32ClN5O4. The summed E-state index contributed by atoms with van der Waals surface area (Å²) in [5.74, 6) is -0.454. The second-order valence-corrected chi connectivity index (χ2v) is 8.91. The van der Waals surface area contributed by atoms with E-state index in [0.717, 1.165) is 6.42 Å². The third-order valence-electron chi connectivity index (χ3n) is 5.06. The van der Waals surface area contributed by atoms with Crippen LogP contribution in [0.4, 0.5) is 0 Å². The second kappa shape index (κ2) is 12.8. The molecule has 0 unspecified atom stereocenters. The quantitative estimate of drug-likeness (QED) is 0.152. The Balaban J connectivity index is 1.86. The summed E-state index contributed by atoms with van der Waals surface area (Å²) in [5, 5.41) is 5.99. The van der Waals surface area contributed by atoms with Crippen molar-refractivity contribution in [2.24, 2.45) is 16.5 Å². The number of nitrogens with two attached hydrogens (primary N) is 2. The van der Waals surface area contributed by atoms with Gasteiger partial charge in [-0.15, -0.1) is 0 Å². The number of nitrogens with zero attached hydrogens (tertiary/aromatic N) is 1. The van der Waals surface area contributed by atoms with Gasteiger partial charge >= 0.3 is 0 Å². The van der Waals surface area contributed by atoms with Crippen LogP contribution in [0.25, 0.3) is 0 Å². The number of rotatable bonds is 12. The minimum atomic E-state index is -1.25. The van der Waals surface area contributed by atoms with Crippen molar-refractivity contribution in [1.82, 2.24) is 10.6 Å². The lowest BCUT2D eigenvalue weighted by Gasteiger charge is -2.27. The molecule has 0 radical (unpaired) electrons. The molecule has 0 aliphatic heterocycles. The van der Waals surface area contributed by atoms with Crippen LogP contribution in [0.1, 0.15) is 49.5 Å². The van der Waals surface area contributed by atoms with Gasteiger partial charge in [-0.05, 0) is 82.1 Å². The molecule has 2 rings (SSSR count). The third-order valence-corrected chi connectivity index (χ3v) is 5.31. The van der Waals surface area contributed by atoms with Gasteiger partial charge in [0.15, 0.2) is 17.3 Å². The summed E-state index contributed by atoms with van der Waals surface area (Å²) < 4.78 is 5.84. The first-order chi connectivity index (χ1) is 16.5. The summed E-state index contributed by atoms with van der Waals surface area (Å²) in [6.07, 6.45) is 1.43. The predicted molar refractivity (Wildman–Crippen MR) is 137 cm³/mol. The van der Waals surface area contributed by atoms with Gasteiger partial charge in [0.2, 0.25) is 5.91 Å². The molecule has 2 aromatic carbocycles. The molecule has 6 N–H and O–H groups in total. The molecule has 0 spiro atoms. The maximum absolute atomic E-state index is 12.7. The van der Waals surface area contributed by atoms with E-state index in [-0.39, 0.29) is 17.6 Å². The number of hydrogen-bond acceptors (Lipinski definition) is 5. The zero-order valence-corrected chi connectivity index (χ0v) is 20.9. The number of benzene rings is 2. The second-order valence-electron chi connectivity index (χ2n) is 8.47. The molecule has 2 aromatic rings. The molecule has 1 atom stereocenters. The summed E-state index contributed by atoms with van der Waals surface area (Å²) in [7, 11) is 0. The van der Waals surface area contributed by atoms with Gasteiger partial charge in [-0.2, -0.15) is 0 Å². The number of unbranched alkanes of at least 4 members (excludes halogenated alkanes) is 1. The molecule has 188 valence electrons. The number of guanidine groups is 1. The first kappa shape index (κ1) is 27.7. The normalized spacial score (nSPS) is 11.8. The Morgan fingerprint density at radius 3 is 2.14 bits per heavy atom. The van der Waals surface area contributed by atoms with Gasteiger partial charge in [-0.3, -0.25) is 19.4 Å². The molecule has 0 bridgehead atoms. The summed E-state index contributed by atoms with van der Waals surface area (Å²) in [6, 6.07) is 12.4. The van der Waals surface area contributed by atoms with Crippen LogP contribution < -0.4 is 26.8 Å². The Labute approximate surface area is 210 Å². The SMILES string of the molecule is C[C@@H](NC(=O)C(C)(C)Oc1ccc(C(=O)c2ccc(Cl)cc2)cc1)C(=O)NCCCCN=C(N)N. The van der Waals surface area contributed by atoms with Crippen molar-refractivity contribution >= 4 is 35.2 Å². The lowest BCUT2D eigenvalue weighted by molar-refractivity contribution is -0.137. The Kier molecular flexibility index (Phi) is 10.1. The van der Waals surface area contributed by atoms with Crippen molar-refractivity contribution < 1.29 is 19.1 Å². The highest BCUT2D eigenvalue weighted by atomic mass is 35.5. The first-order valence-electron chi connectivity index (χ1n) is 11.2. The van der Waals surface area contributed by atoms with Crippen LogP contribution in [0.3, 0.4) is 0 Å². The number of ketones is 1. The van der Waals surface area contributed by atoms with E-state index in [0.29, 0.717) is 41.4 Å². The molecule has 0 saturated carbocycles. The molecular weight excluding hydrogens is 470 g/mol. The lowest BCUT2D eigenvalue weighted by atomic mass is 10.0. The highest BCUT2D eigenvalue weighted by molar-refractivity contribution is 6.30. The maximum atomic E-state index is 12.7. The van der Waals surface area contributed by atoms with E-state index in [1.807, 2.05) is 0 Å². The fourth-order valence-electron chi connectivity index (χ4n) is 3.03. The lowest BCUT2D eigenvalue weighted by Crippen LogP contribution is -2.53. The van der Waals surface area contributed by atoms with Crippen molar-refractivity contribution in [2.75, 3.05) is 13.1 Å². The Morgan fingerprint density at radius 2 is 1.57 bits per heavy atom. The van der Waals surface area contributed by atoms with Crippen molar-refractivity contribution in [1.29, 1.82) is 0 Å². The highest BCUT2D eigenvalue weighted by Crippen LogP contribution is 2.21. The minimum absolute atomic E-state index is 0.0394. The van der Waals surface area contributed by atoms with Gasteiger partial charge < -0.3 is 26.8 Å². The van der Waals surface area contributed by atoms with E-state index in [2.05, 4.69) is 15.6 Å². The number of ether oxygens (including phenoxy) is 1. The summed E-state index contributed by atoms with van der Waals surface area (Å²) >= 11 is 5.87. The summed E-state index contributed by atoms with van der Waals surface area (Å²) in [6.45, 7) is 5.74. The fourth-order valence-corrected chi connectivity index (χ4v) is 3.15. The molecule has 0 heterocycles. The average Bonchev–Trinajstić information content (AvgIpc) is 2.81. The predicted octanol–water partition coefficient (Wildman–Crippen LogP) is 2.40. The van der Waals surface area contributed by atoms with E-state index < -0.39 is 17.6 Å². The minimum Gasteiger partial charge on any atom is -0.478 e. The molecule has 0 aromatic heterocycles. The number of halogens is 1. The van der Waals surface area contributed by atoms with E-state index in [1.165, 1.54) is 0 Å². The zero-order chi connectivity index (χ0) is 26.0. The summed E-state index contributed by atoms with van der Waals surface area (Å²) in [4.78, 5) is 41.5. The van der Waals surface area contributed by atoms with Gasteiger partial charge in [0.05, 0.1) is 0 Å². The Hall–Kier alpha value is -3.59. The van der Waals surface area contributed by atoms with E-state index in [1.54, 1.807) is 69.3 Å². The van der Waals surface area contributed by atoms with Crippen LogP contribution in [0.2, 0.25) is 5.02 Å². The fraction of sp³-hybridized carbons (Fsp3) is 0.360. The standard InChI is InChI=1S/C25H32ClN5O4/c1-16(22(33)29-14-4-5-15-30-24(27)28)31-23(34)25(2,3)35-20-12-8-18(9-13-20)21(32)17-6-10-19(26)11-7-17/h6-13,16H,4-5,14-15H2,1-3H3,(H,29,33)(H,31,34)(H4,27,28,30)/t16-/m1/s1. The van der Waals surface area contributed by atoms with E-state index >= 15 is 0 Å². The smallest absolute Gasteiger partial charge is 0.264 e. The van der Waals surface area contributed by atoms with Crippen LogP contribution in [-0.4, -0.2) is 48.3 Å². The van der Waals surface area contributed by atoms with Crippen LogP contribution in [0.15, 0.2) is 53.5 Å². The van der Waals surface area contributed by atoms with Crippen molar-refractivity contribution in [2.45, 2.75) is 45.3 Å². The van der Waals surface area contributed by atoms with Crippen molar-refractivity contribution in [3.63, 3.8) is 0 Å². The van der Waals surface area contributed by atoms with Crippen molar-refractivity contribution in [3.8, 4) is 5.75 Å². The van der Waals surface area contributed by atoms with Gasteiger partial charge in [0.1, 0.15) is 11.8 Å². The third kappa shape index (κ3) is 8.94. The molecule has 0 fully saturated rings. The number of carbonyl (C=O) groups is 3. The van der Waals surface area contributed by atoms with E-state index in [9.17, 15) is 14.4 Å². The first-order valence-corrected chi connectivity index (χ1v) is 11.6. The molecule has 10 heteroatoms. The zero-order valence-electron chi connectivity index (χ0n) is 20.1. The Morgan fingerprint density at radius 1 is 1.00 bits per heavy atom. The van der Waals surface area contributed by atoms with Gasteiger partial charge in [-0.25, -0.2) is 0 Å². The van der Waals surface area contributed by atoms with Crippen molar-refractivity contribution in [3.05, 3.63) is 64.7 Å². The number of carbonyl (C=O) groups excluding carboxylic acids is 3. The number of nitrogens with one attached hydrogen (secondary N) is 2. The monoisotopic (exact) mass is 501 g/mol. The van der Waals surface area contributed by atoms with Crippen LogP contribution in [-0.2, 0) is 9.59 Å². The highest BCUT2D eigenvalue weighted by Gasteiger charge is 2.32. The van der Waals surface area contributed by atoms with E-state index in [4.69, 9.17) is 27.8 Å². The largest absolute Gasteiger partial charge is 0.478 e. The van der Waals surface area contributed by atoms with Gasteiger partial charge in [-0.1, -0.05) is 11.6 Å². The molecule has 9 nitrogen and oxygen atoms in total. The average molecular weight is 502 g/mol. The van der Waals surface area contributed by atoms with Gasteiger partial charge in [0, 0.05) is 29.2 Å². The van der Waals surface area contributed by atoms with Crippen LogP contribution >= 0.6 is 11.6 Å². The van der Waals surface area contributed by atoms with Crippen LogP contribution in [0, 0.1) is 0 Å². The Bertz CT molecular complexity index is 1050. The molecule has 35 heavy (non-hydrogen) atoms. The van der Waals surface area contributed by atoms with Gasteiger partial charge in [0.25, 0.3) is 5.91 Å². The number of aliphatic imine (C=N–C) groups is 1. The number of amides is 2. The molecule has 0 aliphatic rings. The molecule has 0 aliphatic carbocycles. The summed E-state index contributed by atoms with van der Waals surface area (Å²) in [5.41, 5.74) is 10.3. The van der Waals surface area contributed by atoms with Crippen LogP contribution in [0.5, 0.6) is 5.75 Å². The molecule has 0 saturated heterocycles. The topological polar surface area (TPSA) is 149 Å². The number of hydrogen-bond donors (Lipinski definition) is 4. The molecule has 2 amide bonds. The maximum Gasteiger partial charge on any atom is 0.264 e.